The number of likely N-dealkylation sites (N-methyl/N-ethyl adjacent to an activating group) is 1. The van der Waals surface area contributed by atoms with E-state index in [1.807, 2.05) is 30.3 Å². The lowest BCUT2D eigenvalue weighted by Crippen LogP contribution is -2.46. The molecule has 1 aliphatic rings. The van der Waals surface area contributed by atoms with Gasteiger partial charge in [-0.25, -0.2) is 4.79 Å². The van der Waals surface area contributed by atoms with Gasteiger partial charge in [0.25, 0.3) is 0 Å². The Labute approximate surface area is 126 Å². The maximum Gasteiger partial charge on any atom is 0.328 e. The van der Waals surface area contributed by atoms with E-state index in [4.69, 9.17) is 4.74 Å². The molecule has 1 aromatic carbocycles. The molecule has 2 rings (SSSR count). The minimum Gasteiger partial charge on any atom is -0.461 e. The Kier molecular flexibility index (Phi) is 4.35. The van der Waals surface area contributed by atoms with Gasteiger partial charge in [-0.1, -0.05) is 30.3 Å². The number of esters is 1. The molecule has 4 nitrogen and oxygen atoms in total. The molecule has 1 aliphatic carbocycles. The lowest BCUT2D eigenvalue weighted by Gasteiger charge is -2.28. The van der Waals surface area contributed by atoms with Crippen molar-refractivity contribution in [3.05, 3.63) is 35.9 Å². The van der Waals surface area contributed by atoms with Crippen molar-refractivity contribution in [3.8, 4) is 0 Å². The van der Waals surface area contributed by atoms with Crippen LogP contribution in [0.3, 0.4) is 0 Å². The number of hydrogen-bond donors (Lipinski definition) is 0. The highest BCUT2D eigenvalue weighted by Gasteiger charge is 2.53. The number of carbonyl (C=O) groups is 2. The molecule has 1 amide bonds. The molecule has 4 heteroatoms. The summed E-state index contributed by atoms with van der Waals surface area (Å²) in [7, 11) is 1.68. The minimum absolute atomic E-state index is 0.00176. The Morgan fingerprint density at radius 3 is 2.19 bits per heavy atom. The van der Waals surface area contributed by atoms with Crippen molar-refractivity contribution in [2.24, 2.45) is 0 Å². The van der Waals surface area contributed by atoms with Gasteiger partial charge in [0.2, 0.25) is 5.91 Å². The van der Waals surface area contributed by atoms with Crippen molar-refractivity contribution in [2.45, 2.75) is 51.2 Å². The third kappa shape index (κ3) is 3.09. The first-order valence-electron chi connectivity index (χ1n) is 7.42. The largest absolute Gasteiger partial charge is 0.461 e. The van der Waals surface area contributed by atoms with Crippen LogP contribution in [-0.2, 0) is 19.7 Å². The summed E-state index contributed by atoms with van der Waals surface area (Å²) in [5.74, 6) is -0.355. The van der Waals surface area contributed by atoms with Crippen molar-refractivity contribution in [1.29, 1.82) is 0 Å². The predicted molar refractivity (Wildman–Crippen MR) is 80.8 cm³/mol. The van der Waals surface area contributed by atoms with E-state index < -0.39 is 11.5 Å². The van der Waals surface area contributed by atoms with E-state index in [-0.39, 0.29) is 18.0 Å². The van der Waals surface area contributed by atoms with Crippen LogP contribution in [0.4, 0.5) is 0 Å². The summed E-state index contributed by atoms with van der Waals surface area (Å²) in [5.41, 5.74) is 0.592. The first-order valence-corrected chi connectivity index (χ1v) is 7.42. The standard InChI is InChI=1S/C17H23NO3/c1-12(2)21-15(19)13(3)18(4)16(20)17(10-11-17)14-8-6-5-7-9-14/h5-9,12-13H,10-11H2,1-4H3/t13-/m0/s1. The number of benzene rings is 1. The first-order chi connectivity index (χ1) is 9.88. The number of hydrogen-bond acceptors (Lipinski definition) is 3. The Bertz CT molecular complexity index is 520. The third-order valence-corrected chi connectivity index (χ3v) is 4.08. The molecule has 1 saturated carbocycles. The number of carbonyl (C=O) groups excluding carboxylic acids is 2. The van der Waals surface area contributed by atoms with Crippen LogP contribution >= 0.6 is 0 Å². The van der Waals surface area contributed by atoms with Crippen LogP contribution in [0.5, 0.6) is 0 Å². The van der Waals surface area contributed by atoms with E-state index in [0.29, 0.717) is 0 Å². The topological polar surface area (TPSA) is 46.6 Å². The summed E-state index contributed by atoms with van der Waals surface area (Å²) in [5, 5.41) is 0. The van der Waals surface area contributed by atoms with Gasteiger partial charge in [0.15, 0.2) is 0 Å². The van der Waals surface area contributed by atoms with Gasteiger partial charge >= 0.3 is 5.97 Å². The predicted octanol–water partition coefficient (Wildman–Crippen LogP) is 2.52. The van der Waals surface area contributed by atoms with E-state index in [0.717, 1.165) is 18.4 Å². The molecule has 0 N–H and O–H groups in total. The summed E-state index contributed by atoms with van der Waals surface area (Å²) in [6, 6.07) is 9.22. The molecule has 0 aromatic heterocycles. The van der Waals surface area contributed by atoms with Gasteiger partial charge in [-0.15, -0.1) is 0 Å². The summed E-state index contributed by atoms with van der Waals surface area (Å²) < 4.78 is 5.19. The number of nitrogens with zero attached hydrogens (tertiary/aromatic N) is 1. The number of amides is 1. The Morgan fingerprint density at radius 1 is 1.14 bits per heavy atom. The molecule has 1 fully saturated rings. The molecule has 0 saturated heterocycles. The Morgan fingerprint density at radius 2 is 1.71 bits per heavy atom. The molecule has 21 heavy (non-hydrogen) atoms. The molecule has 114 valence electrons. The molecule has 0 radical (unpaired) electrons. The van der Waals surface area contributed by atoms with Crippen LogP contribution in [0.15, 0.2) is 30.3 Å². The van der Waals surface area contributed by atoms with Gasteiger partial charge in [-0.2, -0.15) is 0 Å². The minimum atomic E-state index is -0.568. The van der Waals surface area contributed by atoms with Crippen LogP contribution in [-0.4, -0.2) is 36.0 Å². The molecule has 0 spiro atoms. The summed E-state index contributed by atoms with van der Waals surface area (Å²) in [4.78, 5) is 26.3. The van der Waals surface area contributed by atoms with Gasteiger partial charge < -0.3 is 9.64 Å². The zero-order valence-corrected chi connectivity index (χ0v) is 13.1. The molecule has 0 unspecified atom stereocenters. The fourth-order valence-corrected chi connectivity index (χ4v) is 2.51. The third-order valence-electron chi connectivity index (χ3n) is 4.08. The first kappa shape index (κ1) is 15.5. The molecule has 0 heterocycles. The van der Waals surface area contributed by atoms with Crippen LogP contribution in [0.25, 0.3) is 0 Å². The van der Waals surface area contributed by atoms with Crippen LogP contribution in [0.1, 0.15) is 39.2 Å². The van der Waals surface area contributed by atoms with E-state index in [2.05, 4.69) is 0 Å². The number of rotatable bonds is 5. The van der Waals surface area contributed by atoms with Crippen molar-refractivity contribution in [1.82, 2.24) is 4.90 Å². The Hall–Kier alpha value is -1.84. The second-order valence-corrected chi connectivity index (χ2v) is 6.03. The van der Waals surface area contributed by atoms with Gasteiger partial charge in [0.1, 0.15) is 6.04 Å². The summed E-state index contributed by atoms with van der Waals surface area (Å²) >= 11 is 0. The van der Waals surface area contributed by atoms with E-state index in [1.165, 1.54) is 4.90 Å². The van der Waals surface area contributed by atoms with Gasteiger partial charge in [0.05, 0.1) is 11.5 Å². The highest BCUT2D eigenvalue weighted by Crippen LogP contribution is 2.49. The monoisotopic (exact) mass is 289 g/mol. The Balaban J connectivity index is 2.11. The number of ether oxygens (including phenoxy) is 1. The lowest BCUT2D eigenvalue weighted by atomic mass is 9.94. The van der Waals surface area contributed by atoms with E-state index in [9.17, 15) is 9.59 Å². The highest BCUT2D eigenvalue weighted by molar-refractivity contribution is 5.94. The van der Waals surface area contributed by atoms with Crippen LogP contribution in [0, 0.1) is 0 Å². The van der Waals surface area contributed by atoms with Crippen molar-refractivity contribution < 1.29 is 14.3 Å². The fourth-order valence-electron chi connectivity index (χ4n) is 2.51. The van der Waals surface area contributed by atoms with Gasteiger partial charge in [-0.3, -0.25) is 4.79 Å². The normalized spacial score (nSPS) is 17.2. The zero-order valence-electron chi connectivity index (χ0n) is 13.1. The smallest absolute Gasteiger partial charge is 0.328 e. The van der Waals surface area contributed by atoms with Crippen LogP contribution in [0.2, 0.25) is 0 Å². The molecule has 1 atom stereocenters. The molecule has 0 bridgehead atoms. The maximum absolute atomic E-state index is 12.8. The summed E-state index contributed by atoms with van der Waals surface area (Å²) in [6.45, 7) is 5.32. The molecular weight excluding hydrogens is 266 g/mol. The van der Waals surface area contributed by atoms with Crippen molar-refractivity contribution in [3.63, 3.8) is 0 Å². The van der Waals surface area contributed by atoms with Crippen molar-refractivity contribution in [2.75, 3.05) is 7.05 Å². The van der Waals surface area contributed by atoms with E-state index >= 15 is 0 Å². The SMILES string of the molecule is CC(C)OC(=O)[C@H](C)N(C)C(=O)C1(c2ccccc2)CC1. The van der Waals surface area contributed by atoms with Gasteiger partial charge in [-0.05, 0) is 39.2 Å². The quantitative estimate of drug-likeness (QED) is 0.783. The highest BCUT2D eigenvalue weighted by atomic mass is 16.5. The maximum atomic E-state index is 12.8. The van der Waals surface area contributed by atoms with E-state index in [1.54, 1.807) is 27.8 Å². The molecule has 0 aliphatic heterocycles. The zero-order chi connectivity index (χ0) is 15.6. The average Bonchev–Trinajstić information content (AvgIpc) is 3.26. The lowest BCUT2D eigenvalue weighted by molar-refractivity contribution is -0.157. The summed E-state index contributed by atoms with van der Waals surface area (Å²) in [6.07, 6.45) is 1.51. The van der Waals surface area contributed by atoms with Gasteiger partial charge in [0, 0.05) is 7.05 Å². The molecular formula is C17H23NO3. The van der Waals surface area contributed by atoms with Crippen molar-refractivity contribution >= 4 is 11.9 Å². The fraction of sp³-hybridized carbons (Fsp3) is 0.529. The second-order valence-electron chi connectivity index (χ2n) is 6.03. The average molecular weight is 289 g/mol. The molecule has 1 aromatic rings. The van der Waals surface area contributed by atoms with Crippen LogP contribution < -0.4 is 0 Å². The second kappa shape index (κ2) is 5.88.